The molecule has 3 aromatic rings. The maximum atomic E-state index is 13.3. The Morgan fingerprint density at radius 2 is 1.74 bits per heavy atom. The maximum absolute atomic E-state index is 13.3. The third-order valence-corrected chi connectivity index (χ3v) is 11.7. The lowest BCUT2D eigenvalue weighted by Crippen LogP contribution is -2.50. The number of aromatic nitrogens is 1. The van der Waals surface area contributed by atoms with E-state index in [0.29, 0.717) is 25.5 Å². The molecule has 5 unspecified atom stereocenters. The zero-order valence-corrected chi connectivity index (χ0v) is 32.4. The molecule has 6 N–H and O–H groups in total. The van der Waals surface area contributed by atoms with Crippen LogP contribution < -0.4 is 10.1 Å². The van der Waals surface area contributed by atoms with E-state index in [1.807, 2.05) is 30.6 Å². The molecule has 2 fully saturated rings. The van der Waals surface area contributed by atoms with Crippen LogP contribution in [0.3, 0.4) is 0 Å². The molecule has 5 rings (SSSR count). The molecule has 296 valence electrons. The number of pyridine rings is 1. The van der Waals surface area contributed by atoms with Gasteiger partial charge in [-0.25, -0.2) is 8.42 Å². The van der Waals surface area contributed by atoms with Gasteiger partial charge in [0.2, 0.25) is 5.91 Å². The second kappa shape index (κ2) is 18.5. The fraction of sp³-hybridized carbons (Fsp3) is 0.561. The normalized spacial score (nSPS) is 18.0. The summed E-state index contributed by atoms with van der Waals surface area (Å²) in [6.07, 6.45) is 3.98. The van der Waals surface area contributed by atoms with Crippen LogP contribution in [0.25, 0.3) is 11.1 Å². The molecule has 1 heterocycles. The van der Waals surface area contributed by atoms with Crippen molar-refractivity contribution in [3.05, 3.63) is 83.2 Å². The molecule has 13 heteroatoms. The molecule has 54 heavy (non-hydrogen) atoms. The quantitative estimate of drug-likeness (QED) is 0.0880. The molecule has 0 bridgehead atoms. The van der Waals surface area contributed by atoms with Crippen LogP contribution >= 0.6 is 0 Å². The molecule has 2 aromatic carbocycles. The number of hydrogen-bond donors (Lipinski definition) is 6. The number of ether oxygens (including phenoxy) is 1. The van der Waals surface area contributed by atoms with Crippen LogP contribution in [-0.2, 0) is 26.7 Å². The van der Waals surface area contributed by atoms with Gasteiger partial charge in [-0.15, -0.1) is 0 Å². The number of carbonyl (C=O) groups is 1. The predicted octanol–water partition coefficient (Wildman–Crippen LogP) is 3.35. The number of rotatable bonds is 22. The summed E-state index contributed by atoms with van der Waals surface area (Å²) in [5.74, 6) is 0.574. The zero-order chi connectivity index (χ0) is 39.0. The van der Waals surface area contributed by atoms with Crippen LogP contribution in [0.2, 0.25) is 0 Å². The van der Waals surface area contributed by atoms with Gasteiger partial charge in [0.25, 0.3) is 0 Å². The Morgan fingerprint density at radius 3 is 2.43 bits per heavy atom. The molecule has 0 aliphatic heterocycles. The van der Waals surface area contributed by atoms with Crippen molar-refractivity contribution in [2.24, 2.45) is 0 Å². The first-order chi connectivity index (χ1) is 25.7. The van der Waals surface area contributed by atoms with Crippen LogP contribution in [0, 0.1) is 6.92 Å². The summed E-state index contributed by atoms with van der Waals surface area (Å²) in [6.45, 7) is 3.75. The summed E-state index contributed by atoms with van der Waals surface area (Å²) in [5, 5.41) is 53.6. The molecular formula is C41H57N3O9S. The van der Waals surface area contributed by atoms with Crippen LogP contribution in [0.1, 0.15) is 86.5 Å². The Morgan fingerprint density at radius 1 is 1.02 bits per heavy atom. The largest absolute Gasteiger partial charge is 0.490 e. The van der Waals surface area contributed by atoms with Gasteiger partial charge in [0.05, 0.1) is 18.5 Å². The summed E-state index contributed by atoms with van der Waals surface area (Å²) >= 11 is 0. The average Bonchev–Trinajstić information content (AvgIpc) is 4.10. The fourth-order valence-corrected chi connectivity index (χ4v) is 7.56. The molecule has 12 nitrogen and oxygen atoms in total. The molecule has 2 saturated carbocycles. The highest BCUT2D eigenvalue weighted by Crippen LogP contribution is 2.50. The highest BCUT2D eigenvalue weighted by Gasteiger charge is 2.46. The zero-order valence-electron chi connectivity index (χ0n) is 31.6. The molecule has 1 aromatic heterocycles. The van der Waals surface area contributed by atoms with Gasteiger partial charge in [0.15, 0.2) is 0 Å². The fourth-order valence-electron chi connectivity index (χ4n) is 6.90. The third kappa shape index (κ3) is 11.3. The number of carbonyl (C=O) groups excluding carboxylic acids is 1. The Labute approximate surface area is 319 Å². The lowest BCUT2D eigenvalue weighted by atomic mass is 9.91. The molecule has 0 saturated heterocycles. The van der Waals surface area contributed by atoms with E-state index in [1.54, 1.807) is 0 Å². The van der Waals surface area contributed by atoms with E-state index < -0.39 is 40.9 Å². The lowest BCUT2D eigenvalue weighted by Gasteiger charge is -2.30. The highest BCUT2D eigenvalue weighted by molar-refractivity contribution is 7.90. The van der Waals surface area contributed by atoms with Gasteiger partial charge in [-0.05, 0) is 97.7 Å². The van der Waals surface area contributed by atoms with Crippen molar-refractivity contribution in [1.82, 2.24) is 15.2 Å². The minimum absolute atomic E-state index is 0.0288. The van der Waals surface area contributed by atoms with E-state index in [-0.39, 0.29) is 49.0 Å². The van der Waals surface area contributed by atoms with Crippen molar-refractivity contribution in [3.8, 4) is 16.9 Å². The minimum atomic E-state index is -3.29. The van der Waals surface area contributed by atoms with Crippen molar-refractivity contribution in [2.45, 2.75) is 114 Å². The number of aliphatic hydroxyl groups is 5. The van der Waals surface area contributed by atoms with Gasteiger partial charge in [-0.3, -0.25) is 9.78 Å². The van der Waals surface area contributed by atoms with Gasteiger partial charge in [-0.1, -0.05) is 43.3 Å². The number of benzene rings is 2. The number of aryl methyl sites for hydroxylation is 1. The highest BCUT2D eigenvalue weighted by atomic mass is 32.2. The summed E-state index contributed by atoms with van der Waals surface area (Å²) in [6, 6.07) is 16.8. The second-order valence-electron chi connectivity index (χ2n) is 15.3. The van der Waals surface area contributed by atoms with Gasteiger partial charge in [0, 0.05) is 55.8 Å². The van der Waals surface area contributed by atoms with Crippen LogP contribution in [0.4, 0.5) is 0 Å². The second-order valence-corrected chi connectivity index (χ2v) is 17.5. The first-order valence-corrected chi connectivity index (χ1v) is 21.1. The number of sulfone groups is 1. The van der Waals surface area contributed by atoms with E-state index >= 15 is 0 Å². The summed E-state index contributed by atoms with van der Waals surface area (Å²) in [7, 11) is -3.29. The number of amides is 1. The molecule has 2 aliphatic carbocycles. The topological polar surface area (TPSA) is 190 Å². The number of nitrogens with one attached hydrogen (secondary N) is 1. The van der Waals surface area contributed by atoms with Gasteiger partial charge < -0.3 is 40.5 Å². The van der Waals surface area contributed by atoms with Gasteiger partial charge in [-0.2, -0.15) is 0 Å². The third-order valence-electron chi connectivity index (χ3n) is 10.7. The smallest absolute Gasteiger partial charge is 0.222 e. The van der Waals surface area contributed by atoms with Crippen molar-refractivity contribution in [3.63, 3.8) is 0 Å². The van der Waals surface area contributed by atoms with E-state index in [9.17, 15) is 33.6 Å². The minimum Gasteiger partial charge on any atom is -0.490 e. The molecule has 0 radical (unpaired) electrons. The lowest BCUT2D eigenvalue weighted by molar-refractivity contribution is -0.139. The summed E-state index contributed by atoms with van der Waals surface area (Å²) < 4.78 is 29.7. The van der Waals surface area contributed by atoms with Crippen molar-refractivity contribution >= 4 is 15.7 Å². The molecule has 2 aliphatic rings. The standard InChI is InChI=1S/C41H57N3O9S/c1-27(8-6-11-38(48)44(20-7-21-54(3,51)52)25-35(46)39(49)40(50)36(47)26-45)29-13-12-28(2)30(22-29)23-43-41(17-18-41)34-24-42-19-16-32(34)33-9-4-5-10-37(33)53-31-14-15-31/h4-5,9-10,12-13,16,19,22,24,27,31,35-36,39-40,43,45-47,49-50H,6-8,11,14-15,17-18,20-21,23,25-26H2,1-3H3. The van der Waals surface area contributed by atoms with E-state index in [0.717, 1.165) is 54.4 Å². The maximum Gasteiger partial charge on any atom is 0.222 e. The first-order valence-electron chi connectivity index (χ1n) is 19.0. The molecular weight excluding hydrogens is 711 g/mol. The molecule has 5 atom stereocenters. The van der Waals surface area contributed by atoms with Crippen molar-refractivity contribution in [1.29, 1.82) is 0 Å². The van der Waals surface area contributed by atoms with Gasteiger partial charge in [0.1, 0.15) is 40.0 Å². The Bertz CT molecular complexity index is 1810. The molecule has 1 amide bonds. The Hall–Kier alpha value is -3.43. The van der Waals surface area contributed by atoms with Crippen LogP contribution in [0.15, 0.2) is 60.9 Å². The Kier molecular flexibility index (Phi) is 14.3. The summed E-state index contributed by atoms with van der Waals surface area (Å²) in [5.41, 5.74) is 6.75. The SMILES string of the molecule is Cc1ccc(C(C)CCCC(=O)N(CCCS(C)(=O)=O)CC(O)C(O)C(O)C(O)CO)cc1CNC1(c2cnccc2-c2ccccc2OC2CC2)CC1. The van der Waals surface area contributed by atoms with Crippen LogP contribution in [-0.4, -0.2) is 112 Å². The number of nitrogens with zero attached hydrogens (tertiary/aromatic N) is 2. The number of aliphatic hydroxyl groups excluding tert-OH is 5. The predicted molar refractivity (Wildman–Crippen MR) is 207 cm³/mol. The summed E-state index contributed by atoms with van der Waals surface area (Å²) in [4.78, 5) is 19.1. The van der Waals surface area contributed by atoms with E-state index in [4.69, 9.17) is 9.84 Å². The number of para-hydroxylation sites is 1. The Balaban J connectivity index is 1.20. The monoisotopic (exact) mass is 767 g/mol. The van der Waals surface area contributed by atoms with E-state index in [1.165, 1.54) is 21.6 Å². The van der Waals surface area contributed by atoms with Crippen LogP contribution in [0.5, 0.6) is 5.75 Å². The van der Waals surface area contributed by atoms with E-state index in [2.05, 4.69) is 54.5 Å². The molecule has 0 spiro atoms. The first kappa shape index (κ1) is 41.7. The average molecular weight is 768 g/mol. The van der Waals surface area contributed by atoms with Gasteiger partial charge >= 0.3 is 0 Å². The van der Waals surface area contributed by atoms with Crippen molar-refractivity contribution in [2.75, 3.05) is 31.7 Å². The number of hydrogen-bond acceptors (Lipinski definition) is 11. The van der Waals surface area contributed by atoms with Crippen molar-refractivity contribution < 1.29 is 43.5 Å².